The minimum Gasteiger partial charge on any atom is -0.481 e. The second-order valence-electron chi connectivity index (χ2n) is 3.11. The molecule has 1 aromatic carbocycles. The number of halogens is 1. The zero-order chi connectivity index (χ0) is 11.5. The van der Waals surface area contributed by atoms with Gasteiger partial charge in [-0.25, -0.2) is 9.37 Å². The Kier molecular flexibility index (Phi) is 3.09. The molecule has 2 aromatic rings. The molecule has 0 aliphatic rings. The molecule has 16 heavy (non-hydrogen) atoms. The number of carboxylic acids is 1. The summed E-state index contributed by atoms with van der Waals surface area (Å²) in [6, 6.07) is 4.09. The van der Waals surface area contributed by atoms with E-state index in [0.717, 1.165) is 0 Å². The average molecular weight is 241 g/mol. The van der Waals surface area contributed by atoms with Crippen LogP contribution in [-0.2, 0) is 10.5 Å². The molecule has 0 amide bonds. The minimum atomic E-state index is -0.882. The summed E-state index contributed by atoms with van der Waals surface area (Å²) in [4.78, 5) is 14.4. The van der Waals surface area contributed by atoms with Crippen LogP contribution in [0.5, 0.6) is 0 Å². The molecule has 0 saturated heterocycles. The maximum absolute atomic E-state index is 12.8. The maximum Gasteiger partial charge on any atom is 0.313 e. The summed E-state index contributed by atoms with van der Waals surface area (Å²) < 4.78 is 18.1. The molecular weight excluding hydrogens is 233 g/mol. The Morgan fingerprint density at radius 3 is 3.12 bits per heavy atom. The lowest BCUT2D eigenvalue weighted by molar-refractivity contribution is -0.133. The van der Waals surface area contributed by atoms with Crippen LogP contribution < -0.4 is 0 Å². The van der Waals surface area contributed by atoms with E-state index in [9.17, 15) is 9.18 Å². The van der Waals surface area contributed by atoms with Crippen LogP contribution in [0.4, 0.5) is 4.39 Å². The van der Waals surface area contributed by atoms with Crippen molar-refractivity contribution < 1.29 is 18.7 Å². The molecule has 0 spiro atoms. The van der Waals surface area contributed by atoms with Crippen molar-refractivity contribution in [3.63, 3.8) is 0 Å². The van der Waals surface area contributed by atoms with Crippen LogP contribution >= 0.6 is 11.8 Å². The second-order valence-corrected chi connectivity index (χ2v) is 4.09. The second kappa shape index (κ2) is 4.52. The fraction of sp³-hybridized carbons (Fsp3) is 0.200. The van der Waals surface area contributed by atoms with E-state index in [1.807, 2.05) is 0 Å². The zero-order valence-corrected chi connectivity index (χ0v) is 8.96. The summed E-state index contributed by atoms with van der Waals surface area (Å²) in [6.45, 7) is 0. The first-order valence-electron chi connectivity index (χ1n) is 4.49. The van der Waals surface area contributed by atoms with Gasteiger partial charge in [0.25, 0.3) is 0 Å². The van der Waals surface area contributed by atoms with Gasteiger partial charge in [-0.2, -0.15) is 0 Å². The predicted molar refractivity (Wildman–Crippen MR) is 57.8 cm³/mol. The fourth-order valence-corrected chi connectivity index (χ4v) is 1.81. The molecule has 0 saturated carbocycles. The molecule has 84 valence electrons. The number of carboxylic acid groups (broad SMARTS) is 1. The van der Waals surface area contributed by atoms with Gasteiger partial charge in [0.2, 0.25) is 5.89 Å². The Labute approximate surface area is 94.5 Å². The number of carbonyl (C=O) groups is 1. The van der Waals surface area contributed by atoms with Crippen molar-refractivity contribution in [1.29, 1.82) is 0 Å². The monoisotopic (exact) mass is 241 g/mol. The first-order chi connectivity index (χ1) is 7.65. The molecule has 1 heterocycles. The van der Waals surface area contributed by atoms with Crippen molar-refractivity contribution in [2.75, 3.05) is 5.75 Å². The van der Waals surface area contributed by atoms with Gasteiger partial charge in [-0.05, 0) is 12.1 Å². The quantitative estimate of drug-likeness (QED) is 0.889. The number of aromatic nitrogens is 1. The molecule has 0 bridgehead atoms. The molecule has 1 N–H and O–H groups in total. The standard InChI is InChI=1S/C10H8FNO3S/c11-6-1-2-7-8(3-6)15-9(12-7)4-16-5-10(13)14/h1-3H,4-5H2,(H,13,14). The first-order valence-corrected chi connectivity index (χ1v) is 5.65. The summed E-state index contributed by atoms with van der Waals surface area (Å²) in [6.07, 6.45) is 0. The molecule has 2 rings (SSSR count). The summed E-state index contributed by atoms with van der Waals surface area (Å²) in [5.74, 6) is -0.497. The van der Waals surface area contributed by atoms with E-state index in [4.69, 9.17) is 9.52 Å². The zero-order valence-electron chi connectivity index (χ0n) is 8.14. The summed E-state index contributed by atoms with van der Waals surface area (Å²) in [5.41, 5.74) is 0.957. The fourth-order valence-electron chi connectivity index (χ4n) is 1.23. The lowest BCUT2D eigenvalue weighted by Gasteiger charge is -1.91. The van der Waals surface area contributed by atoms with Crippen molar-refractivity contribution in [3.8, 4) is 0 Å². The number of hydrogen-bond donors (Lipinski definition) is 1. The van der Waals surface area contributed by atoms with Crippen molar-refractivity contribution in [2.45, 2.75) is 5.75 Å². The molecule has 0 fully saturated rings. The molecule has 1 aromatic heterocycles. The summed E-state index contributed by atoms with van der Waals surface area (Å²) in [7, 11) is 0. The highest BCUT2D eigenvalue weighted by molar-refractivity contribution is 7.99. The minimum absolute atomic E-state index is 0.00686. The van der Waals surface area contributed by atoms with Crippen molar-refractivity contribution >= 4 is 28.8 Å². The Morgan fingerprint density at radius 1 is 1.56 bits per heavy atom. The van der Waals surface area contributed by atoms with Gasteiger partial charge in [-0.3, -0.25) is 4.79 Å². The van der Waals surface area contributed by atoms with Crippen LogP contribution in [0.25, 0.3) is 11.1 Å². The van der Waals surface area contributed by atoms with Gasteiger partial charge in [0.15, 0.2) is 5.58 Å². The van der Waals surface area contributed by atoms with E-state index < -0.39 is 5.97 Å². The number of thioether (sulfide) groups is 1. The van der Waals surface area contributed by atoms with E-state index >= 15 is 0 Å². The highest BCUT2D eigenvalue weighted by Gasteiger charge is 2.07. The van der Waals surface area contributed by atoms with Crippen LogP contribution in [0.15, 0.2) is 22.6 Å². The van der Waals surface area contributed by atoms with Crippen LogP contribution in [0, 0.1) is 5.82 Å². The molecule has 0 unspecified atom stereocenters. The number of hydrogen-bond acceptors (Lipinski definition) is 4. The van der Waals surface area contributed by atoms with Crippen LogP contribution in [-0.4, -0.2) is 21.8 Å². The van der Waals surface area contributed by atoms with E-state index in [0.29, 0.717) is 22.7 Å². The molecule has 4 nitrogen and oxygen atoms in total. The van der Waals surface area contributed by atoms with Gasteiger partial charge < -0.3 is 9.52 Å². The smallest absolute Gasteiger partial charge is 0.313 e. The molecule has 0 radical (unpaired) electrons. The molecular formula is C10H8FNO3S. The topological polar surface area (TPSA) is 63.3 Å². The summed E-state index contributed by atoms with van der Waals surface area (Å²) >= 11 is 1.18. The Hall–Kier alpha value is -1.56. The average Bonchev–Trinajstić information content (AvgIpc) is 2.58. The number of fused-ring (bicyclic) bond motifs is 1. The van der Waals surface area contributed by atoms with E-state index in [2.05, 4.69) is 4.98 Å². The van der Waals surface area contributed by atoms with Gasteiger partial charge >= 0.3 is 5.97 Å². The number of oxazole rings is 1. The Balaban J connectivity index is 2.10. The number of benzene rings is 1. The largest absolute Gasteiger partial charge is 0.481 e. The van der Waals surface area contributed by atoms with Crippen molar-refractivity contribution in [3.05, 3.63) is 29.9 Å². The molecule has 0 aliphatic heterocycles. The maximum atomic E-state index is 12.8. The van der Waals surface area contributed by atoms with E-state index in [1.54, 1.807) is 0 Å². The van der Waals surface area contributed by atoms with Crippen LogP contribution in [0.2, 0.25) is 0 Å². The van der Waals surface area contributed by atoms with Crippen molar-refractivity contribution in [1.82, 2.24) is 4.98 Å². The number of nitrogens with zero attached hydrogens (tertiary/aromatic N) is 1. The van der Waals surface area contributed by atoms with Gasteiger partial charge in [-0.1, -0.05) is 0 Å². The molecule has 0 atom stereocenters. The van der Waals surface area contributed by atoms with E-state index in [1.165, 1.54) is 30.0 Å². The molecule has 6 heteroatoms. The third-order valence-electron chi connectivity index (χ3n) is 1.85. The highest BCUT2D eigenvalue weighted by atomic mass is 32.2. The number of aliphatic carboxylic acids is 1. The van der Waals surface area contributed by atoms with Gasteiger partial charge in [0, 0.05) is 6.07 Å². The lowest BCUT2D eigenvalue weighted by Crippen LogP contribution is -1.98. The lowest BCUT2D eigenvalue weighted by atomic mass is 10.3. The van der Waals surface area contributed by atoms with Gasteiger partial charge in [-0.15, -0.1) is 11.8 Å². The SMILES string of the molecule is O=C(O)CSCc1nc2ccc(F)cc2o1. The third kappa shape index (κ3) is 2.52. The highest BCUT2D eigenvalue weighted by Crippen LogP contribution is 2.19. The molecule has 0 aliphatic carbocycles. The van der Waals surface area contributed by atoms with Crippen LogP contribution in [0.1, 0.15) is 5.89 Å². The van der Waals surface area contributed by atoms with Gasteiger partial charge in [0.1, 0.15) is 11.3 Å². The Morgan fingerprint density at radius 2 is 2.38 bits per heavy atom. The summed E-state index contributed by atoms with van der Waals surface area (Å²) in [5, 5.41) is 8.45. The van der Waals surface area contributed by atoms with Crippen molar-refractivity contribution in [2.24, 2.45) is 0 Å². The Bertz CT molecular complexity index is 526. The first kappa shape index (κ1) is 10.9. The normalized spacial score (nSPS) is 10.8. The van der Waals surface area contributed by atoms with Crippen LogP contribution in [0.3, 0.4) is 0 Å². The number of rotatable bonds is 4. The van der Waals surface area contributed by atoms with E-state index in [-0.39, 0.29) is 11.6 Å². The predicted octanol–water partition coefficient (Wildman–Crippen LogP) is 2.28. The van der Waals surface area contributed by atoms with Gasteiger partial charge in [0.05, 0.1) is 11.5 Å². The third-order valence-corrected chi connectivity index (χ3v) is 2.75.